The van der Waals surface area contributed by atoms with Crippen LogP contribution in [0.4, 0.5) is 13.2 Å². The van der Waals surface area contributed by atoms with Gasteiger partial charge in [0.05, 0.1) is 16.3 Å². The Hall–Kier alpha value is -1.75. The highest BCUT2D eigenvalue weighted by atomic mass is 35.5. The van der Waals surface area contributed by atoms with Crippen LogP contribution in [-0.2, 0) is 12.8 Å². The molecule has 0 aliphatic carbocycles. The molecule has 0 bridgehead atoms. The van der Waals surface area contributed by atoms with Gasteiger partial charge >= 0.3 is 6.18 Å². The van der Waals surface area contributed by atoms with E-state index >= 15 is 0 Å². The molecule has 2 aromatic rings. The minimum Gasteiger partial charge on any atom is -0.486 e. The van der Waals surface area contributed by atoms with E-state index in [-0.39, 0.29) is 6.61 Å². The Bertz CT molecular complexity index is 596. The van der Waals surface area contributed by atoms with Crippen molar-refractivity contribution in [1.29, 1.82) is 0 Å². The van der Waals surface area contributed by atoms with E-state index in [2.05, 4.69) is 4.98 Å². The van der Waals surface area contributed by atoms with Crippen LogP contribution in [0.2, 0.25) is 5.02 Å². The van der Waals surface area contributed by atoms with E-state index in [1.54, 1.807) is 12.1 Å². The quantitative estimate of drug-likeness (QED) is 0.824. The Morgan fingerprint density at radius 2 is 1.95 bits per heavy atom. The molecule has 0 amide bonds. The fraction of sp³-hybridized carbons (Fsp3) is 0.214. The number of nitrogens with zero attached hydrogens (tertiary/aromatic N) is 1. The van der Waals surface area contributed by atoms with E-state index in [1.807, 2.05) is 13.0 Å². The Balaban J connectivity index is 2.04. The van der Waals surface area contributed by atoms with Gasteiger partial charge in [-0.15, -0.1) is 0 Å². The second-order valence-electron chi connectivity index (χ2n) is 4.26. The summed E-state index contributed by atoms with van der Waals surface area (Å²) in [5, 5.41) is 0.455. The normalized spacial score (nSPS) is 11.4. The maximum Gasteiger partial charge on any atom is 0.417 e. The Kier molecular flexibility index (Phi) is 4.18. The molecule has 0 saturated carbocycles. The van der Waals surface area contributed by atoms with Crippen LogP contribution in [0.3, 0.4) is 0 Å². The monoisotopic (exact) mass is 301 g/mol. The standard InChI is InChI=1S/C14H11ClF3NO/c1-9-2-5-13(12(15)6-9)20-8-11-4-3-10(7-19-11)14(16,17)18/h2-7H,8H2,1H3. The summed E-state index contributed by atoms with van der Waals surface area (Å²) in [6.07, 6.45) is -3.60. The Labute approximate surface area is 119 Å². The zero-order valence-electron chi connectivity index (χ0n) is 10.5. The molecule has 0 saturated heterocycles. The molecule has 0 fully saturated rings. The smallest absolute Gasteiger partial charge is 0.417 e. The van der Waals surface area contributed by atoms with Crippen molar-refractivity contribution in [3.8, 4) is 5.75 Å². The van der Waals surface area contributed by atoms with Gasteiger partial charge in [-0.2, -0.15) is 13.2 Å². The van der Waals surface area contributed by atoms with E-state index in [0.29, 0.717) is 16.5 Å². The number of halogens is 4. The van der Waals surface area contributed by atoms with Gasteiger partial charge in [-0.05, 0) is 36.8 Å². The molecule has 1 aromatic carbocycles. The first-order valence-corrected chi connectivity index (χ1v) is 6.15. The van der Waals surface area contributed by atoms with Crippen molar-refractivity contribution in [2.45, 2.75) is 19.7 Å². The van der Waals surface area contributed by atoms with Gasteiger partial charge in [-0.3, -0.25) is 4.98 Å². The SMILES string of the molecule is Cc1ccc(OCc2ccc(C(F)(F)F)cn2)c(Cl)c1. The van der Waals surface area contributed by atoms with Crippen molar-refractivity contribution < 1.29 is 17.9 Å². The van der Waals surface area contributed by atoms with Gasteiger partial charge in [0.15, 0.2) is 0 Å². The van der Waals surface area contributed by atoms with Gasteiger partial charge in [0.2, 0.25) is 0 Å². The van der Waals surface area contributed by atoms with Gasteiger partial charge in [0, 0.05) is 6.20 Å². The molecule has 20 heavy (non-hydrogen) atoms. The number of hydrogen-bond acceptors (Lipinski definition) is 2. The number of aromatic nitrogens is 1. The Morgan fingerprint density at radius 3 is 2.50 bits per heavy atom. The average Bonchev–Trinajstić information content (AvgIpc) is 2.37. The van der Waals surface area contributed by atoms with Crippen molar-refractivity contribution >= 4 is 11.6 Å². The molecule has 2 rings (SSSR count). The van der Waals surface area contributed by atoms with Crippen LogP contribution in [0, 0.1) is 6.92 Å². The molecule has 0 radical (unpaired) electrons. The summed E-state index contributed by atoms with van der Waals surface area (Å²) in [5.74, 6) is 0.471. The third-order valence-electron chi connectivity index (χ3n) is 2.62. The summed E-state index contributed by atoms with van der Waals surface area (Å²) in [7, 11) is 0. The minimum absolute atomic E-state index is 0.0565. The molecule has 2 nitrogen and oxygen atoms in total. The van der Waals surface area contributed by atoms with E-state index in [1.165, 1.54) is 6.07 Å². The first-order chi connectivity index (χ1) is 9.36. The summed E-state index contributed by atoms with van der Waals surface area (Å²) >= 11 is 5.99. The van der Waals surface area contributed by atoms with Crippen LogP contribution in [0.1, 0.15) is 16.8 Å². The number of hydrogen-bond donors (Lipinski definition) is 0. The van der Waals surface area contributed by atoms with E-state index in [0.717, 1.165) is 17.8 Å². The molecule has 1 aromatic heterocycles. The van der Waals surface area contributed by atoms with E-state index in [4.69, 9.17) is 16.3 Å². The number of ether oxygens (including phenoxy) is 1. The van der Waals surface area contributed by atoms with Gasteiger partial charge in [0.1, 0.15) is 12.4 Å². The zero-order valence-corrected chi connectivity index (χ0v) is 11.3. The van der Waals surface area contributed by atoms with E-state index < -0.39 is 11.7 Å². The van der Waals surface area contributed by atoms with Crippen LogP contribution in [0.15, 0.2) is 36.5 Å². The summed E-state index contributed by atoms with van der Waals surface area (Å²) in [5.41, 5.74) is 0.610. The highest BCUT2D eigenvalue weighted by molar-refractivity contribution is 6.32. The minimum atomic E-state index is -4.38. The fourth-order valence-electron chi connectivity index (χ4n) is 1.55. The highest BCUT2D eigenvalue weighted by Crippen LogP contribution is 2.29. The van der Waals surface area contributed by atoms with Crippen molar-refractivity contribution in [2.24, 2.45) is 0 Å². The summed E-state index contributed by atoms with van der Waals surface area (Å²) in [6, 6.07) is 7.55. The Morgan fingerprint density at radius 1 is 1.20 bits per heavy atom. The summed E-state index contributed by atoms with van der Waals surface area (Å²) in [4.78, 5) is 3.72. The summed E-state index contributed by atoms with van der Waals surface area (Å²) < 4.78 is 42.5. The van der Waals surface area contributed by atoms with Crippen LogP contribution < -0.4 is 4.74 Å². The summed E-state index contributed by atoms with van der Waals surface area (Å²) in [6.45, 7) is 1.95. The van der Waals surface area contributed by atoms with Crippen LogP contribution >= 0.6 is 11.6 Å². The second-order valence-corrected chi connectivity index (χ2v) is 4.67. The van der Waals surface area contributed by atoms with Crippen molar-refractivity contribution in [1.82, 2.24) is 4.98 Å². The zero-order chi connectivity index (χ0) is 14.8. The maximum atomic E-state index is 12.4. The third-order valence-corrected chi connectivity index (χ3v) is 2.91. The highest BCUT2D eigenvalue weighted by Gasteiger charge is 2.30. The third kappa shape index (κ3) is 3.63. The largest absolute Gasteiger partial charge is 0.486 e. The van der Waals surface area contributed by atoms with Gasteiger partial charge < -0.3 is 4.74 Å². The van der Waals surface area contributed by atoms with Crippen LogP contribution in [-0.4, -0.2) is 4.98 Å². The molecule has 0 spiro atoms. The maximum absolute atomic E-state index is 12.4. The predicted molar refractivity (Wildman–Crippen MR) is 69.8 cm³/mol. The number of benzene rings is 1. The average molecular weight is 302 g/mol. The second kappa shape index (κ2) is 5.71. The van der Waals surface area contributed by atoms with Gasteiger partial charge in [-0.25, -0.2) is 0 Å². The molecule has 0 atom stereocenters. The van der Waals surface area contributed by atoms with Crippen molar-refractivity contribution in [3.05, 3.63) is 58.4 Å². The molecule has 0 N–H and O–H groups in total. The van der Waals surface area contributed by atoms with Crippen molar-refractivity contribution in [3.63, 3.8) is 0 Å². The lowest BCUT2D eigenvalue weighted by molar-refractivity contribution is -0.137. The molecular formula is C14H11ClF3NO. The molecular weight excluding hydrogens is 291 g/mol. The molecule has 6 heteroatoms. The lowest BCUT2D eigenvalue weighted by Gasteiger charge is -2.09. The lowest BCUT2D eigenvalue weighted by Crippen LogP contribution is -2.06. The number of alkyl halides is 3. The first kappa shape index (κ1) is 14.7. The predicted octanol–water partition coefficient (Wildman–Crippen LogP) is 4.64. The first-order valence-electron chi connectivity index (χ1n) is 5.77. The molecule has 0 aliphatic rings. The molecule has 106 valence electrons. The van der Waals surface area contributed by atoms with E-state index in [9.17, 15) is 13.2 Å². The number of rotatable bonds is 3. The molecule has 1 heterocycles. The van der Waals surface area contributed by atoms with Crippen LogP contribution in [0.25, 0.3) is 0 Å². The lowest BCUT2D eigenvalue weighted by atomic mass is 10.2. The topological polar surface area (TPSA) is 22.1 Å². The number of aryl methyl sites for hydroxylation is 1. The van der Waals surface area contributed by atoms with Crippen LogP contribution in [0.5, 0.6) is 5.75 Å². The van der Waals surface area contributed by atoms with Gasteiger partial charge in [-0.1, -0.05) is 17.7 Å². The molecule has 0 unspecified atom stereocenters. The van der Waals surface area contributed by atoms with Crippen molar-refractivity contribution in [2.75, 3.05) is 0 Å². The fourth-order valence-corrected chi connectivity index (χ4v) is 1.84. The molecule has 0 aliphatic heterocycles. The number of pyridine rings is 1. The van der Waals surface area contributed by atoms with Gasteiger partial charge in [0.25, 0.3) is 0 Å².